The van der Waals surface area contributed by atoms with Crippen molar-refractivity contribution in [3.05, 3.63) is 64.7 Å². The van der Waals surface area contributed by atoms with Gasteiger partial charge in [-0.25, -0.2) is 0 Å². The molecule has 3 N–H and O–H groups in total. The van der Waals surface area contributed by atoms with Gasteiger partial charge in [0.1, 0.15) is 12.4 Å². The SMILES string of the molecule is CCc1ccc(CC(COc2cccc(Cl)c2)NN)cc1. The Morgan fingerprint density at radius 3 is 2.48 bits per heavy atom. The number of aryl methyl sites for hydroxylation is 1. The largest absolute Gasteiger partial charge is 0.492 e. The summed E-state index contributed by atoms with van der Waals surface area (Å²) in [5.74, 6) is 6.37. The molecular formula is C17H21ClN2O. The lowest BCUT2D eigenvalue weighted by Gasteiger charge is -2.17. The minimum Gasteiger partial charge on any atom is -0.492 e. The number of nitrogens with two attached hydrogens (primary N) is 1. The number of hydrogen-bond donors (Lipinski definition) is 2. The molecule has 112 valence electrons. The van der Waals surface area contributed by atoms with Crippen LogP contribution in [0, 0.1) is 0 Å². The van der Waals surface area contributed by atoms with E-state index in [4.69, 9.17) is 22.2 Å². The molecule has 0 aromatic heterocycles. The van der Waals surface area contributed by atoms with Crippen molar-refractivity contribution in [2.45, 2.75) is 25.8 Å². The van der Waals surface area contributed by atoms with E-state index in [1.807, 2.05) is 18.2 Å². The van der Waals surface area contributed by atoms with E-state index >= 15 is 0 Å². The Kier molecular flexibility index (Phi) is 6.05. The number of ether oxygens (including phenoxy) is 1. The molecule has 0 heterocycles. The van der Waals surface area contributed by atoms with Crippen LogP contribution in [0.5, 0.6) is 5.75 Å². The smallest absolute Gasteiger partial charge is 0.120 e. The van der Waals surface area contributed by atoms with Crippen LogP contribution in [0.25, 0.3) is 0 Å². The summed E-state index contributed by atoms with van der Waals surface area (Å²) in [4.78, 5) is 0. The fraction of sp³-hybridized carbons (Fsp3) is 0.294. The van der Waals surface area contributed by atoms with Gasteiger partial charge in [0.15, 0.2) is 0 Å². The average Bonchev–Trinajstić information content (AvgIpc) is 2.52. The van der Waals surface area contributed by atoms with Crippen molar-refractivity contribution in [2.75, 3.05) is 6.61 Å². The number of hydrogen-bond acceptors (Lipinski definition) is 3. The summed E-state index contributed by atoms with van der Waals surface area (Å²) in [6.07, 6.45) is 1.87. The molecule has 1 atom stereocenters. The molecule has 0 aliphatic rings. The normalized spacial score (nSPS) is 12.1. The van der Waals surface area contributed by atoms with Crippen molar-refractivity contribution >= 4 is 11.6 Å². The quantitative estimate of drug-likeness (QED) is 0.609. The van der Waals surface area contributed by atoms with Crippen LogP contribution >= 0.6 is 11.6 Å². The lowest BCUT2D eigenvalue weighted by atomic mass is 10.0. The van der Waals surface area contributed by atoms with Crippen LogP contribution in [-0.2, 0) is 12.8 Å². The molecule has 0 saturated carbocycles. The summed E-state index contributed by atoms with van der Waals surface area (Å²) in [7, 11) is 0. The number of rotatable bonds is 7. The molecule has 0 saturated heterocycles. The fourth-order valence-electron chi connectivity index (χ4n) is 2.12. The maximum atomic E-state index is 5.93. The van der Waals surface area contributed by atoms with Gasteiger partial charge >= 0.3 is 0 Å². The summed E-state index contributed by atoms with van der Waals surface area (Å²) >= 11 is 5.93. The van der Waals surface area contributed by atoms with Crippen molar-refractivity contribution in [1.29, 1.82) is 0 Å². The van der Waals surface area contributed by atoms with Gasteiger partial charge in [-0.15, -0.1) is 0 Å². The Morgan fingerprint density at radius 2 is 1.86 bits per heavy atom. The van der Waals surface area contributed by atoms with Crippen LogP contribution in [0.15, 0.2) is 48.5 Å². The summed E-state index contributed by atoms with van der Waals surface area (Å²) in [5.41, 5.74) is 5.39. The van der Waals surface area contributed by atoms with Gasteiger partial charge in [0, 0.05) is 5.02 Å². The predicted octanol–water partition coefficient (Wildman–Crippen LogP) is 3.36. The first-order valence-corrected chi connectivity index (χ1v) is 7.51. The summed E-state index contributed by atoms with van der Waals surface area (Å²) in [5, 5.41) is 0.667. The molecule has 2 rings (SSSR count). The highest BCUT2D eigenvalue weighted by Crippen LogP contribution is 2.17. The minimum atomic E-state index is 0.0523. The van der Waals surface area contributed by atoms with Gasteiger partial charge in [0.25, 0.3) is 0 Å². The molecule has 4 heteroatoms. The second-order valence-corrected chi connectivity index (χ2v) is 5.44. The van der Waals surface area contributed by atoms with Gasteiger partial charge in [0.05, 0.1) is 6.04 Å². The third kappa shape index (κ3) is 5.05. The van der Waals surface area contributed by atoms with Gasteiger partial charge < -0.3 is 4.74 Å². The Labute approximate surface area is 131 Å². The first-order chi connectivity index (χ1) is 10.2. The first-order valence-electron chi connectivity index (χ1n) is 7.13. The Hall–Kier alpha value is -1.55. The summed E-state index contributed by atoms with van der Waals surface area (Å²) < 4.78 is 5.73. The average molecular weight is 305 g/mol. The molecule has 0 aliphatic carbocycles. The molecule has 0 amide bonds. The van der Waals surface area contributed by atoms with E-state index in [1.54, 1.807) is 6.07 Å². The summed E-state index contributed by atoms with van der Waals surface area (Å²) in [6.45, 7) is 2.64. The minimum absolute atomic E-state index is 0.0523. The molecule has 0 radical (unpaired) electrons. The molecule has 2 aromatic rings. The van der Waals surface area contributed by atoms with Gasteiger partial charge in [-0.05, 0) is 42.2 Å². The molecule has 0 bridgehead atoms. The Balaban J connectivity index is 1.90. The third-order valence-electron chi connectivity index (χ3n) is 3.40. The monoisotopic (exact) mass is 304 g/mol. The number of hydrazine groups is 1. The maximum absolute atomic E-state index is 5.93. The van der Waals surface area contributed by atoms with E-state index in [2.05, 4.69) is 36.6 Å². The van der Waals surface area contributed by atoms with E-state index in [0.717, 1.165) is 18.6 Å². The van der Waals surface area contributed by atoms with Crippen LogP contribution in [0.3, 0.4) is 0 Å². The van der Waals surface area contributed by atoms with Crippen molar-refractivity contribution in [1.82, 2.24) is 5.43 Å². The summed E-state index contributed by atoms with van der Waals surface area (Å²) in [6, 6.07) is 16.0. The van der Waals surface area contributed by atoms with Gasteiger partial charge in [-0.2, -0.15) is 0 Å². The van der Waals surface area contributed by atoms with Crippen molar-refractivity contribution in [3.63, 3.8) is 0 Å². The number of benzene rings is 2. The van der Waals surface area contributed by atoms with Crippen LogP contribution in [0.4, 0.5) is 0 Å². The van der Waals surface area contributed by atoms with Gasteiger partial charge in [-0.1, -0.05) is 48.9 Å². The van der Waals surface area contributed by atoms with Crippen molar-refractivity contribution < 1.29 is 4.74 Å². The van der Waals surface area contributed by atoms with Crippen LogP contribution < -0.4 is 16.0 Å². The van der Waals surface area contributed by atoms with E-state index in [9.17, 15) is 0 Å². The number of halogens is 1. The molecule has 0 spiro atoms. The van der Waals surface area contributed by atoms with E-state index in [1.165, 1.54) is 11.1 Å². The molecule has 0 aliphatic heterocycles. The molecule has 1 unspecified atom stereocenters. The van der Waals surface area contributed by atoms with Gasteiger partial charge in [-0.3, -0.25) is 11.3 Å². The number of nitrogens with one attached hydrogen (secondary N) is 1. The zero-order chi connectivity index (χ0) is 15.1. The second-order valence-electron chi connectivity index (χ2n) is 5.01. The third-order valence-corrected chi connectivity index (χ3v) is 3.63. The molecule has 3 nitrogen and oxygen atoms in total. The molecular weight excluding hydrogens is 284 g/mol. The van der Waals surface area contributed by atoms with Crippen LogP contribution in [0.1, 0.15) is 18.1 Å². The molecule has 2 aromatic carbocycles. The van der Waals surface area contributed by atoms with Crippen molar-refractivity contribution in [2.24, 2.45) is 5.84 Å². The van der Waals surface area contributed by atoms with E-state index in [-0.39, 0.29) is 6.04 Å². The zero-order valence-corrected chi connectivity index (χ0v) is 12.9. The molecule has 21 heavy (non-hydrogen) atoms. The molecule has 0 fully saturated rings. The highest BCUT2D eigenvalue weighted by molar-refractivity contribution is 6.30. The van der Waals surface area contributed by atoms with Gasteiger partial charge in [0.2, 0.25) is 0 Å². The maximum Gasteiger partial charge on any atom is 0.120 e. The van der Waals surface area contributed by atoms with Crippen LogP contribution in [-0.4, -0.2) is 12.6 Å². The highest BCUT2D eigenvalue weighted by atomic mass is 35.5. The van der Waals surface area contributed by atoms with E-state index in [0.29, 0.717) is 11.6 Å². The van der Waals surface area contributed by atoms with Crippen LogP contribution in [0.2, 0.25) is 5.02 Å². The zero-order valence-electron chi connectivity index (χ0n) is 12.2. The lowest BCUT2D eigenvalue weighted by molar-refractivity contribution is 0.264. The second kappa shape index (κ2) is 8.03. The Bertz CT molecular complexity index is 557. The van der Waals surface area contributed by atoms with E-state index < -0.39 is 0 Å². The highest BCUT2D eigenvalue weighted by Gasteiger charge is 2.09. The Morgan fingerprint density at radius 1 is 1.14 bits per heavy atom. The fourth-order valence-corrected chi connectivity index (χ4v) is 2.30. The first kappa shape index (κ1) is 15.8. The predicted molar refractivity (Wildman–Crippen MR) is 87.6 cm³/mol. The van der Waals surface area contributed by atoms with Crippen molar-refractivity contribution in [3.8, 4) is 5.75 Å². The topological polar surface area (TPSA) is 47.3 Å². The lowest BCUT2D eigenvalue weighted by Crippen LogP contribution is -2.41. The standard InChI is InChI=1S/C17H21ClN2O/c1-2-13-6-8-14(9-7-13)10-16(20-19)12-21-17-5-3-4-15(18)11-17/h3-9,11,16,20H,2,10,12,19H2,1H3.